The number of carbonyl (C=O) groups excluding carboxylic acids is 1. The van der Waals surface area contributed by atoms with Gasteiger partial charge < -0.3 is 19.1 Å². The molecule has 0 aromatic carbocycles. The molecule has 124 valence electrons. The second-order valence-corrected chi connectivity index (χ2v) is 6.23. The zero-order valence-corrected chi connectivity index (χ0v) is 13.5. The lowest BCUT2D eigenvalue weighted by atomic mass is 10.0. The molecule has 1 aliphatic heterocycles. The Morgan fingerprint density at radius 3 is 2.65 bits per heavy atom. The molecular formula is C18H24N2O3. The average Bonchev–Trinajstić information content (AvgIpc) is 3.26. The van der Waals surface area contributed by atoms with Crippen molar-refractivity contribution in [1.82, 2.24) is 10.2 Å². The van der Waals surface area contributed by atoms with Crippen LogP contribution in [0.3, 0.4) is 0 Å². The molecule has 0 bridgehead atoms. The highest BCUT2D eigenvalue weighted by Gasteiger charge is 2.25. The number of hydrogen-bond acceptors (Lipinski definition) is 4. The van der Waals surface area contributed by atoms with Crippen molar-refractivity contribution in [1.29, 1.82) is 0 Å². The van der Waals surface area contributed by atoms with E-state index in [-0.39, 0.29) is 5.91 Å². The Morgan fingerprint density at radius 1 is 1.26 bits per heavy atom. The van der Waals surface area contributed by atoms with Crippen LogP contribution in [0.25, 0.3) is 0 Å². The molecule has 5 nitrogen and oxygen atoms in total. The smallest absolute Gasteiger partial charge is 0.289 e. The van der Waals surface area contributed by atoms with Gasteiger partial charge in [0.25, 0.3) is 5.91 Å². The van der Waals surface area contributed by atoms with Crippen LogP contribution in [0.2, 0.25) is 0 Å². The normalized spacial score (nSPS) is 17.3. The van der Waals surface area contributed by atoms with Gasteiger partial charge in [-0.05, 0) is 50.5 Å². The maximum Gasteiger partial charge on any atom is 0.289 e. The fraction of sp³-hybridized carbons (Fsp3) is 0.500. The summed E-state index contributed by atoms with van der Waals surface area (Å²) in [4.78, 5) is 14.1. The van der Waals surface area contributed by atoms with Crippen LogP contribution < -0.4 is 5.32 Å². The van der Waals surface area contributed by atoms with Gasteiger partial charge in [0.15, 0.2) is 5.76 Å². The van der Waals surface area contributed by atoms with Crippen molar-refractivity contribution < 1.29 is 13.6 Å². The highest BCUT2D eigenvalue weighted by Crippen LogP contribution is 2.15. The minimum Gasteiger partial charge on any atom is -0.469 e. The van der Waals surface area contributed by atoms with Crippen LogP contribution in [0.1, 0.15) is 42.5 Å². The van der Waals surface area contributed by atoms with Crippen LogP contribution in [0, 0.1) is 0 Å². The summed E-state index contributed by atoms with van der Waals surface area (Å²) in [6.45, 7) is 3.77. The van der Waals surface area contributed by atoms with Crippen LogP contribution in [0.4, 0.5) is 0 Å². The Balaban J connectivity index is 1.39. The van der Waals surface area contributed by atoms with Crippen LogP contribution in [0.15, 0.2) is 45.6 Å². The van der Waals surface area contributed by atoms with Crippen LogP contribution in [-0.2, 0) is 6.42 Å². The Morgan fingerprint density at radius 2 is 2.00 bits per heavy atom. The number of furan rings is 2. The van der Waals surface area contributed by atoms with Crippen molar-refractivity contribution in [2.75, 3.05) is 13.1 Å². The molecule has 3 rings (SSSR count). The summed E-state index contributed by atoms with van der Waals surface area (Å²) in [5, 5.41) is 3.67. The van der Waals surface area contributed by atoms with Crippen molar-refractivity contribution in [2.45, 2.75) is 44.7 Å². The summed E-state index contributed by atoms with van der Waals surface area (Å²) < 4.78 is 10.6. The van der Waals surface area contributed by atoms with Crippen LogP contribution in [0.5, 0.6) is 0 Å². The Hall–Kier alpha value is -2.01. The minimum absolute atomic E-state index is 0.000632. The number of piperidine rings is 1. The van der Waals surface area contributed by atoms with Gasteiger partial charge in [0.05, 0.1) is 12.5 Å². The maximum atomic E-state index is 12.2. The maximum absolute atomic E-state index is 12.2. The van der Waals surface area contributed by atoms with Crippen LogP contribution >= 0.6 is 0 Å². The lowest BCUT2D eigenvalue weighted by Crippen LogP contribution is -2.47. The molecule has 1 aliphatic rings. The average molecular weight is 316 g/mol. The first-order valence-corrected chi connectivity index (χ1v) is 8.33. The van der Waals surface area contributed by atoms with Gasteiger partial charge in [-0.15, -0.1) is 0 Å². The summed E-state index contributed by atoms with van der Waals surface area (Å²) in [7, 11) is 0. The highest BCUT2D eigenvalue weighted by molar-refractivity contribution is 5.91. The molecule has 0 radical (unpaired) electrons. The lowest BCUT2D eigenvalue weighted by Gasteiger charge is -2.33. The molecule has 0 spiro atoms. The van der Waals surface area contributed by atoms with E-state index in [0.717, 1.165) is 44.5 Å². The quantitative estimate of drug-likeness (QED) is 0.890. The number of rotatable bonds is 6. The molecule has 2 aromatic rings. The molecule has 2 aromatic heterocycles. The number of amides is 1. The Kier molecular flexibility index (Phi) is 5.18. The molecule has 1 fully saturated rings. The third-order valence-electron chi connectivity index (χ3n) is 4.44. The van der Waals surface area contributed by atoms with E-state index in [4.69, 9.17) is 8.83 Å². The van der Waals surface area contributed by atoms with Gasteiger partial charge in [0, 0.05) is 31.6 Å². The predicted molar refractivity (Wildman–Crippen MR) is 87.3 cm³/mol. The molecule has 1 saturated heterocycles. The van der Waals surface area contributed by atoms with E-state index >= 15 is 0 Å². The van der Waals surface area contributed by atoms with Gasteiger partial charge in [-0.2, -0.15) is 0 Å². The molecule has 1 atom stereocenters. The van der Waals surface area contributed by atoms with Gasteiger partial charge >= 0.3 is 0 Å². The second-order valence-electron chi connectivity index (χ2n) is 6.23. The topological polar surface area (TPSA) is 58.6 Å². The first kappa shape index (κ1) is 15.9. The summed E-state index contributed by atoms with van der Waals surface area (Å²) in [5.41, 5.74) is 0. The van der Waals surface area contributed by atoms with Gasteiger partial charge in [-0.3, -0.25) is 4.79 Å². The number of nitrogens with zero attached hydrogens (tertiary/aromatic N) is 1. The minimum atomic E-state index is -0.000632. The van der Waals surface area contributed by atoms with E-state index in [1.54, 1.807) is 24.7 Å². The van der Waals surface area contributed by atoms with Crippen molar-refractivity contribution in [3.05, 3.63) is 48.3 Å². The van der Waals surface area contributed by atoms with E-state index in [1.807, 2.05) is 17.0 Å². The van der Waals surface area contributed by atoms with Crippen molar-refractivity contribution in [3.63, 3.8) is 0 Å². The molecule has 0 unspecified atom stereocenters. The summed E-state index contributed by atoms with van der Waals surface area (Å²) >= 11 is 0. The molecule has 0 aliphatic carbocycles. The number of carbonyl (C=O) groups is 1. The molecule has 3 heterocycles. The zero-order chi connectivity index (χ0) is 16.1. The fourth-order valence-electron chi connectivity index (χ4n) is 3.10. The molecular weight excluding hydrogens is 292 g/mol. The van der Waals surface area contributed by atoms with Gasteiger partial charge in [-0.25, -0.2) is 0 Å². The molecule has 0 saturated carbocycles. The lowest BCUT2D eigenvalue weighted by molar-refractivity contribution is 0.0670. The first-order valence-electron chi connectivity index (χ1n) is 8.33. The zero-order valence-electron chi connectivity index (χ0n) is 13.5. The van der Waals surface area contributed by atoms with Crippen LogP contribution in [-0.4, -0.2) is 36.0 Å². The van der Waals surface area contributed by atoms with E-state index in [0.29, 0.717) is 17.8 Å². The predicted octanol–water partition coefficient (Wildman–Crippen LogP) is 3.09. The molecule has 1 N–H and O–H groups in total. The second kappa shape index (κ2) is 7.51. The van der Waals surface area contributed by atoms with Gasteiger partial charge in [0.2, 0.25) is 0 Å². The molecule has 23 heavy (non-hydrogen) atoms. The number of likely N-dealkylation sites (tertiary alicyclic amines) is 1. The fourth-order valence-corrected chi connectivity index (χ4v) is 3.10. The largest absolute Gasteiger partial charge is 0.469 e. The van der Waals surface area contributed by atoms with Gasteiger partial charge in [0.1, 0.15) is 5.76 Å². The number of nitrogens with one attached hydrogen (secondary N) is 1. The SMILES string of the molecule is C[C@@H](CCc1ccco1)NC1CCN(C(=O)c2ccco2)CC1. The molecule has 5 heteroatoms. The van der Waals surface area contributed by atoms with Crippen molar-refractivity contribution in [2.24, 2.45) is 0 Å². The van der Waals surface area contributed by atoms with E-state index < -0.39 is 0 Å². The summed E-state index contributed by atoms with van der Waals surface area (Å²) in [6, 6.07) is 8.34. The molecule has 1 amide bonds. The standard InChI is InChI=1S/C18H24N2O3/c1-14(6-7-16-4-2-12-22-16)19-15-8-10-20(11-9-15)18(21)17-5-3-13-23-17/h2-5,12-15,19H,6-11H2,1H3/t14-/m0/s1. The summed E-state index contributed by atoms with van der Waals surface area (Å²) in [5.74, 6) is 1.47. The van der Waals surface area contributed by atoms with E-state index in [1.165, 1.54) is 0 Å². The van der Waals surface area contributed by atoms with E-state index in [2.05, 4.69) is 12.2 Å². The van der Waals surface area contributed by atoms with Gasteiger partial charge in [-0.1, -0.05) is 0 Å². The number of aryl methyl sites for hydroxylation is 1. The Labute approximate surface area is 136 Å². The van der Waals surface area contributed by atoms with Crippen molar-refractivity contribution in [3.8, 4) is 0 Å². The highest BCUT2D eigenvalue weighted by atomic mass is 16.3. The summed E-state index contributed by atoms with van der Waals surface area (Å²) in [6.07, 6.45) is 7.24. The first-order chi connectivity index (χ1) is 11.2. The third kappa shape index (κ3) is 4.26. The third-order valence-corrected chi connectivity index (χ3v) is 4.44. The Bertz CT molecular complexity index is 584. The number of hydrogen-bond donors (Lipinski definition) is 1. The van der Waals surface area contributed by atoms with E-state index in [9.17, 15) is 4.79 Å². The monoisotopic (exact) mass is 316 g/mol. The van der Waals surface area contributed by atoms with Crippen molar-refractivity contribution >= 4 is 5.91 Å².